The minimum Gasteiger partial charge on any atom is -0.347 e. The molecule has 0 radical (unpaired) electrons. The highest BCUT2D eigenvalue weighted by molar-refractivity contribution is 7.85. The summed E-state index contributed by atoms with van der Waals surface area (Å²) in [4.78, 5) is 3.95. The summed E-state index contributed by atoms with van der Waals surface area (Å²) in [7, 11) is -1.95. The number of hydrogen-bond acceptors (Lipinski definition) is 5. The third-order valence-corrected chi connectivity index (χ3v) is 4.76. The molecule has 1 aliphatic rings. The highest BCUT2D eigenvalue weighted by Gasteiger charge is 2.38. The lowest BCUT2D eigenvalue weighted by atomic mass is 10.1. The van der Waals surface area contributed by atoms with E-state index in [-0.39, 0.29) is 22.1 Å². The molecule has 2 aromatic rings. The molecule has 1 aromatic carbocycles. The zero-order valence-corrected chi connectivity index (χ0v) is 14.8. The number of benzene rings is 1. The third kappa shape index (κ3) is 4.03. The minimum absolute atomic E-state index is 0. The Morgan fingerprint density at radius 1 is 1.26 bits per heavy atom. The van der Waals surface area contributed by atoms with Gasteiger partial charge in [-0.15, -0.1) is 5.10 Å². The van der Waals surface area contributed by atoms with Crippen LogP contribution in [0.5, 0.6) is 0 Å². The van der Waals surface area contributed by atoms with E-state index in [4.69, 9.17) is 0 Å². The summed E-state index contributed by atoms with van der Waals surface area (Å²) in [6, 6.07) is 1.69. The fourth-order valence-corrected chi connectivity index (χ4v) is 3.32. The number of hydrogen-bond donors (Lipinski definition) is 1. The molecule has 0 bridgehead atoms. The third-order valence-electron chi connectivity index (χ3n) is 3.85. The topological polar surface area (TPSA) is 88.3 Å². The molecule has 1 heterocycles. The molecule has 150 valence electrons. The molecule has 0 saturated heterocycles. The summed E-state index contributed by atoms with van der Waals surface area (Å²) >= 11 is 0. The van der Waals surface area contributed by atoms with Crippen molar-refractivity contribution in [2.75, 3.05) is 19.0 Å². The van der Waals surface area contributed by atoms with Crippen LogP contribution in [-0.4, -0.2) is 41.8 Å². The van der Waals surface area contributed by atoms with Gasteiger partial charge in [-0.05, 0) is 36.5 Å². The van der Waals surface area contributed by atoms with Gasteiger partial charge in [0.1, 0.15) is 11.5 Å². The van der Waals surface area contributed by atoms with Crippen molar-refractivity contribution in [3.63, 3.8) is 0 Å². The van der Waals surface area contributed by atoms with Crippen LogP contribution >= 0.6 is 0 Å². The normalized spacial score (nSPS) is 14.8. The monoisotopic (exact) mass is 414 g/mol. The lowest BCUT2D eigenvalue weighted by Gasteiger charge is -2.15. The van der Waals surface area contributed by atoms with Crippen LogP contribution < -0.4 is 4.90 Å². The van der Waals surface area contributed by atoms with Gasteiger partial charge in [0, 0.05) is 14.1 Å². The van der Waals surface area contributed by atoms with Crippen molar-refractivity contribution in [1.82, 2.24) is 14.8 Å². The molecule has 1 N–H and O–H groups in total. The highest BCUT2D eigenvalue weighted by atomic mass is 32.2. The van der Waals surface area contributed by atoms with E-state index in [0.29, 0.717) is 17.5 Å². The molecule has 13 heteroatoms. The van der Waals surface area contributed by atoms with Crippen LogP contribution in [0.4, 0.5) is 28.2 Å². The number of rotatable bonds is 4. The van der Waals surface area contributed by atoms with Gasteiger partial charge in [-0.25, -0.2) is 4.39 Å². The molecule has 1 aromatic heterocycles. The van der Waals surface area contributed by atoms with Gasteiger partial charge < -0.3 is 4.90 Å². The molecule has 1 saturated carbocycles. The van der Waals surface area contributed by atoms with E-state index < -0.39 is 38.5 Å². The Morgan fingerprint density at radius 2 is 1.85 bits per heavy atom. The zero-order chi connectivity index (χ0) is 19.4. The van der Waals surface area contributed by atoms with Gasteiger partial charge in [0.15, 0.2) is 0 Å². The van der Waals surface area contributed by atoms with E-state index in [0.717, 1.165) is 12.1 Å². The number of nitrogens with zero attached hydrogens (tertiary/aromatic N) is 4. The van der Waals surface area contributed by atoms with Gasteiger partial charge in [0.25, 0.3) is 15.9 Å². The Bertz CT molecular complexity index is 968. The molecule has 1 aliphatic carbocycles. The molecule has 0 amide bonds. The highest BCUT2D eigenvalue weighted by Crippen LogP contribution is 2.44. The molecular formula is C14H15F5N4O3S. The first-order valence-electron chi connectivity index (χ1n) is 7.42. The molecule has 27 heavy (non-hydrogen) atoms. The fourth-order valence-electron chi connectivity index (χ4n) is 2.53. The maximum absolute atomic E-state index is 14.6. The average molecular weight is 414 g/mol. The second-order valence-electron chi connectivity index (χ2n) is 6.13. The molecule has 0 unspecified atom stereocenters. The van der Waals surface area contributed by atoms with Crippen LogP contribution in [0.1, 0.15) is 30.1 Å². The van der Waals surface area contributed by atoms with Gasteiger partial charge in [-0.1, -0.05) is 0 Å². The predicted octanol–water partition coefficient (Wildman–Crippen LogP) is 2.77. The number of aromatic nitrogens is 3. The molecule has 0 aliphatic heterocycles. The van der Waals surface area contributed by atoms with Crippen molar-refractivity contribution in [2.24, 2.45) is 0 Å². The maximum atomic E-state index is 14.6. The van der Waals surface area contributed by atoms with Crippen molar-refractivity contribution in [1.29, 1.82) is 0 Å². The van der Waals surface area contributed by atoms with Gasteiger partial charge in [0.2, 0.25) is 5.95 Å². The van der Waals surface area contributed by atoms with Crippen molar-refractivity contribution in [3.05, 3.63) is 29.3 Å². The van der Waals surface area contributed by atoms with Gasteiger partial charge in [-0.2, -0.15) is 31.3 Å². The van der Waals surface area contributed by atoms with E-state index in [1.165, 1.54) is 19.0 Å². The second kappa shape index (κ2) is 6.71. The van der Waals surface area contributed by atoms with E-state index >= 15 is 0 Å². The SMILES string of the molecule is CN(C)c1nc(C(F)(F)F)nn1-c1cc(S(=O)(=O)O)c(C2CC2)cc1F.F. The van der Waals surface area contributed by atoms with Crippen LogP contribution in [0.2, 0.25) is 0 Å². The Balaban J connectivity index is 0.00000261. The van der Waals surface area contributed by atoms with E-state index in [1.807, 2.05) is 0 Å². The smallest absolute Gasteiger partial charge is 0.347 e. The van der Waals surface area contributed by atoms with Crippen LogP contribution in [0.3, 0.4) is 0 Å². The van der Waals surface area contributed by atoms with Crippen LogP contribution in [-0.2, 0) is 16.3 Å². The summed E-state index contributed by atoms with van der Waals surface area (Å²) in [5.74, 6) is -3.04. The molecular weight excluding hydrogens is 399 g/mol. The maximum Gasteiger partial charge on any atom is 0.453 e. The Morgan fingerprint density at radius 3 is 2.30 bits per heavy atom. The summed E-state index contributed by atoms with van der Waals surface area (Å²) in [6.07, 6.45) is -3.61. The van der Waals surface area contributed by atoms with Crippen molar-refractivity contribution >= 4 is 16.1 Å². The quantitative estimate of drug-likeness (QED) is 0.612. The Hall–Kier alpha value is -2.28. The Labute approximate surface area is 150 Å². The minimum atomic E-state index is -4.87. The van der Waals surface area contributed by atoms with Crippen LogP contribution in [0.15, 0.2) is 17.0 Å². The van der Waals surface area contributed by atoms with E-state index in [9.17, 15) is 30.5 Å². The molecule has 3 rings (SSSR count). The molecule has 7 nitrogen and oxygen atoms in total. The first-order valence-corrected chi connectivity index (χ1v) is 8.86. The van der Waals surface area contributed by atoms with E-state index in [2.05, 4.69) is 10.1 Å². The first kappa shape index (κ1) is 21.0. The number of anilines is 1. The van der Waals surface area contributed by atoms with Crippen molar-refractivity contribution in [3.8, 4) is 5.69 Å². The molecule has 0 atom stereocenters. The van der Waals surface area contributed by atoms with Gasteiger partial charge in [0.05, 0.1) is 4.90 Å². The summed E-state index contributed by atoms with van der Waals surface area (Å²) < 4.78 is 86.7. The van der Waals surface area contributed by atoms with Gasteiger partial charge >= 0.3 is 6.18 Å². The zero-order valence-electron chi connectivity index (χ0n) is 14.0. The molecule has 0 spiro atoms. The van der Waals surface area contributed by atoms with Crippen molar-refractivity contribution in [2.45, 2.75) is 29.8 Å². The predicted molar refractivity (Wildman–Crippen MR) is 84.9 cm³/mol. The van der Waals surface area contributed by atoms with E-state index in [1.54, 1.807) is 0 Å². The fraction of sp³-hybridized carbons (Fsp3) is 0.429. The molecule has 1 fully saturated rings. The largest absolute Gasteiger partial charge is 0.453 e. The van der Waals surface area contributed by atoms with Crippen LogP contribution in [0, 0.1) is 5.82 Å². The van der Waals surface area contributed by atoms with Crippen LogP contribution in [0.25, 0.3) is 5.69 Å². The van der Waals surface area contributed by atoms with Gasteiger partial charge in [-0.3, -0.25) is 9.26 Å². The standard InChI is InChI=1S/C14H14F4N4O3S.FH/c1-21(2)13-19-12(14(16,17)18)20-22(13)10-6-11(26(23,24)25)8(5-9(10)15)7-3-4-7;/h5-7H,3-4H2,1-2H3,(H,23,24,25);1H. The number of halogens is 5. The average Bonchev–Trinajstić information content (AvgIpc) is 3.22. The first-order chi connectivity index (χ1) is 11.9. The van der Waals surface area contributed by atoms with Crippen molar-refractivity contribution < 1.29 is 35.2 Å². The summed E-state index contributed by atoms with van der Waals surface area (Å²) in [6.45, 7) is 0. The lowest BCUT2D eigenvalue weighted by Crippen LogP contribution is -2.16. The number of alkyl halides is 3. The summed E-state index contributed by atoms with van der Waals surface area (Å²) in [5, 5.41) is 3.27. The second-order valence-corrected chi connectivity index (χ2v) is 7.52. The lowest BCUT2D eigenvalue weighted by molar-refractivity contribution is -0.144. The Kier molecular flexibility index (Phi) is 5.22. The summed E-state index contributed by atoms with van der Waals surface area (Å²) in [5.41, 5.74) is -0.468.